The van der Waals surface area contributed by atoms with Gasteiger partial charge in [0.05, 0.1) is 0 Å². The summed E-state index contributed by atoms with van der Waals surface area (Å²) in [7, 11) is 0. The molecule has 0 heteroatoms. The SMILES string of the molecule is CC=C(C)/C=C/C=C(C)/C=C/C1=C(C)CCCC1(C)C. The zero-order valence-corrected chi connectivity index (χ0v) is 14.1. The second-order valence-electron chi connectivity index (χ2n) is 6.57. The van der Waals surface area contributed by atoms with E-state index >= 15 is 0 Å². The lowest BCUT2D eigenvalue weighted by molar-refractivity contribution is 0.377. The van der Waals surface area contributed by atoms with Crippen LogP contribution in [0.25, 0.3) is 0 Å². The van der Waals surface area contributed by atoms with E-state index in [1.807, 2.05) is 0 Å². The highest BCUT2D eigenvalue weighted by atomic mass is 14.3. The van der Waals surface area contributed by atoms with E-state index in [0.29, 0.717) is 5.41 Å². The van der Waals surface area contributed by atoms with Crippen molar-refractivity contribution in [3.05, 3.63) is 58.7 Å². The van der Waals surface area contributed by atoms with Crippen molar-refractivity contribution in [1.29, 1.82) is 0 Å². The Morgan fingerprint density at radius 2 is 1.80 bits per heavy atom. The predicted octanol–water partition coefficient (Wildman–Crippen LogP) is 6.54. The predicted molar refractivity (Wildman–Crippen MR) is 91.8 cm³/mol. The maximum atomic E-state index is 2.36. The Bertz CT molecular complexity index is 476. The van der Waals surface area contributed by atoms with E-state index in [0.717, 1.165) is 0 Å². The van der Waals surface area contributed by atoms with Gasteiger partial charge in [-0.05, 0) is 57.9 Å². The van der Waals surface area contributed by atoms with Crippen LogP contribution >= 0.6 is 0 Å². The van der Waals surface area contributed by atoms with Gasteiger partial charge in [0, 0.05) is 0 Å². The highest BCUT2D eigenvalue weighted by Crippen LogP contribution is 2.40. The van der Waals surface area contributed by atoms with Crippen LogP contribution < -0.4 is 0 Å². The van der Waals surface area contributed by atoms with E-state index in [9.17, 15) is 0 Å². The summed E-state index contributed by atoms with van der Waals surface area (Å²) in [4.78, 5) is 0. The van der Waals surface area contributed by atoms with E-state index < -0.39 is 0 Å². The lowest BCUT2D eigenvalue weighted by Gasteiger charge is -2.32. The summed E-state index contributed by atoms with van der Waals surface area (Å²) in [6, 6.07) is 0. The molecule has 0 aliphatic heterocycles. The second-order valence-corrected chi connectivity index (χ2v) is 6.57. The molecule has 20 heavy (non-hydrogen) atoms. The molecule has 0 fully saturated rings. The number of allylic oxidation sites excluding steroid dienone is 10. The van der Waals surface area contributed by atoms with Crippen molar-refractivity contribution in [2.75, 3.05) is 0 Å². The summed E-state index contributed by atoms with van der Waals surface area (Å²) in [6.07, 6.45) is 17.0. The summed E-state index contributed by atoms with van der Waals surface area (Å²) in [5.74, 6) is 0. The zero-order chi connectivity index (χ0) is 15.2. The first kappa shape index (κ1) is 16.8. The molecule has 0 saturated heterocycles. The van der Waals surface area contributed by atoms with Crippen molar-refractivity contribution < 1.29 is 0 Å². The largest absolute Gasteiger partial charge is 0.0847 e. The fraction of sp³-hybridized carbons (Fsp3) is 0.500. The Kier molecular flexibility index (Phi) is 6.26. The van der Waals surface area contributed by atoms with Crippen molar-refractivity contribution in [3.63, 3.8) is 0 Å². The maximum absolute atomic E-state index is 2.36. The van der Waals surface area contributed by atoms with E-state index in [1.165, 1.54) is 36.0 Å². The number of hydrogen-bond acceptors (Lipinski definition) is 0. The molecule has 0 saturated carbocycles. The molecule has 0 unspecified atom stereocenters. The molecule has 1 aliphatic carbocycles. The molecule has 0 spiro atoms. The quantitative estimate of drug-likeness (QED) is 0.509. The van der Waals surface area contributed by atoms with Crippen LogP contribution in [0, 0.1) is 5.41 Å². The maximum Gasteiger partial charge on any atom is -0.0104 e. The average Bonchev–Trinajstić information content (AvgIpc) is 2.37. The first-order valence-corrected chi connectivity index (χ1v) is 7.73. The van der Waals surface area contributed by atoms with Crippen LogP contribution in [0.2, 0.25) is 0 Å². The molecular weight excluding hydrogens is 240 g/mol. The van der Waals surface area contributed by atoms with Crippen molar-refractivity contribution in [3.8, 4) is 0 Å². The molecule has 0 aromatic heterocycles. The highest BCUT2D eigenvalue weighted by molar-refractivity contribution is 5.37. The number of hydrogen-bond donors (Lipinski definition) is 0. The Morgan fingerprint density at radius 1 is 1.10 bits per heavy atom. The standard InChI is InChI=1S/C20H30/c1-7-16(2)10-8-11-17(3)13-14-19-18(4)12-9-15-20(19,5)6/h7-8,10-11,13-14H,9,12,15H2,1-6H3/b10-8+,14-13+,16-7?,17-11+. The van der Waals surface area contributed by atoms with E-state index in [-0.39, 0.29) is 0 Å². The molecule has 1 aliphatic rings. The summed E-state index contributed by atoms with van der Waals surface area (Å²) in [5, 5.41) is 0. The van der Waals surface area contributed by atoms with Crippen molar-refractivity contribution in [2.24, 2.45) is 5.41 Å². The fourth-order valence-corrected chi connectivity index (χ4v) is 2.73. The fourth-order valence-electron chi connectivity index (χ4n) is 2.73. The lowest BCUT2D eigenvalue weighted by Crippen LogP contribution is -2.19. The molecule has 0 radical (unpaired) electrons. The first-order valence-electron chi connectivity index (χ1n) is 7.73. The Morgan fingerprint density at radius 3 is 2.40 bits per heavy atom. The number of rotatable bonds is 4. The van der Waals surface area contributed by atoms with Gasteiger partial charge in [0.25, 0.3) is 0 Å². The van der Waals surface area contributed by atoms with Crippen LogP contribution in [-0.4, -0.2) is 0 Å². The molecule has 0 amide bonds. The van der Waals surface area contributed by atoms with Gasteiger partial charge in [-0.25, -0.2) is 0 Å². The molecule has 110 valence electrons. The smallest absolute Gasteiger partial charge is 0.0104 e. The zero-order valence-electron chi connectivity index (χ0n) is 14.1. The summed E-state index contributed by atoms with van der Waals surface area (Å²) in [6.45, 7) is 13.4. The molecular formula is C20H30. The third-order valence-corrected chi connectivity index (χ3v) is 4.23. The van der Waals surface area contributed by atoms with Crippen LogP contribution in [0.4, 0.5) is 0 Å². The minimum absolute atomic E-state index is 0.330. The molecule has 0 N–H and O–H groups in total. The molecule has 0 aromatic carbocycles. The van der Waals surface area contributed by atoms with Crippen LogP contribution in [0.3, 0.4) is 0 Å². The lowest BCUT2D eigenvalue weighted by atomic mass is 9.72. The summed E-state index contributed by atoms with van der Waals surface area (Å²) < 4.78 is 0. The van der Waals surface area contributed by atoms with E-state index in [1.54, 1.807) is 5.57 Å². The minimum atomic E-state index is 0.330. The molecule has 0 atom stereocenters. The van der Waals surface area contributed by atoms with Gasteiger partial charge in [-0.3, -0.25) is 0 Å². The third-order valence-electron chi connectivity index (χ3n) is 4.23. The topological polar surface area (TPSA) is 0 Å². The molecule has 0 nitrogen and oxygen atoms in total. The molecule has 0 bridgehead atoms. The normalized spacial score (nSPS) is 21.3. The second kappa shape index (κ2) is 7.47. The van der Waals surface area contributed by atoms with Crippen molar-refractivity contribution >= 4 is 0 Å². The van der Waals surface area contributed by atoms with Gasteiger partial charge in [-0.1, -0.05) is 67.0 Å². The van der Waals surface area contributed by atoms with Crippen LogP contribution in [-0.2, 0) is 0 Å². The van der Waals surface area contributed by atoms with Gasteiger partial charge in [-0.2, -0.15) is 0 Å². The van der Waals surface area contributed by atoms with Gasteiger partial charge in [0.15, 0.2) is 0 Å². The molecule has 1 rings (SSSR count). The Hall–Kier alpha value is -1.30. The van der Waals surface area contributed by atoms with E-state index in [4.69, 9.17) is 0 Å². The van der Waals surface area contributed by atoms with Crippen molar-refractivity contribution in [1.82, 2.24) is 0 Å². The average molecular weight is 270 g/mol. The first-order chi connectivity index (χ1) is 9.36. The minimum Gasteiger partial charge on any atom is -0.0847 e. The third kappa shape index (κ3) is 5.00. The van der Waals surface area contributed by atoms with E-state index in [2.05, 4.69) is 78.0 Å². The van der Waals surface area contributed by atoms with Gasteiger partial charge in [0.2, 0.25) is 0 Å². The van der Waals surface area contributed by atoms with Gasteiger partial charge < -0.3 is 0 Å². The molecule has 0 aromatic rings. The monoisotopic (exact) mass is 270 g/mol. The Labute approximate surface area is 125 Å². The highest BCUT2D eigenvalue weighted by Gasteiger charge is 2.26. The summed E-state index contributed by atoms with van der Waals surface area (Å²) in [5.41, 5.74) is 6.02. The van der Waals surface area contributed by atoms with Crippen LogP contribution in [0.15, 0.2) is 58.7 Å². The van der Waals surface area contributed by atoms with Crippen LogP contribution in [0.5, 0.6) is 0 Å². The van der Waals surface area contributed by atoms with Gasteiger partial charge >= 0.3 is 0 Å². The van der Waals surface area contributed by atoms with Gasteiger partial charge in [-0.15, -0.1) is 0 Å². The Balaban J connectivity index is 2.81. The van der Waals surface area contributed by atoms with Gasteiger partial charge in [0.1, 0.15) is 0 Å². The summed E-state index contributed by atoms with van der Waals surface area (Å²) >= 11 is 0. The molecule has 0 heterocycles. The van der Waals surface area contributed by atoms with Crippen LogP contribution in [0.1, 0.15) is 60.8 Å². The van der Waals surface area contributed by atoms with Crippen molar-refractivity contribution in [2.45, 2.75) is 60.8 Å².